The minimum absolute atomic E-state index is 0.0238. The summed E-state index contributed by atoms with van der Waals surface area (Å²) in [5.74, 6) is -1.22. The normalized spacial score (nSPS) is 14.9. The summed E-state index contributed by atoms with van der Waals surface area (Å²) >= 11 is 0. The van der Waals surface area contributed by atoms with Crippen LogP contribution in [0.4, 0.5) is 0 Å². The monoisotopic (exact) mass is 233 g/mol. The van der Waals surface area contributed by atoms with Crippen molar-refractivity contribution in [2.24, 2.45) is 22.0 Å². The molecule has 0 heterocycles. The molecule has 2 unspecified atom stereocenters. The van der Waals surface area contributed by atoms with Crippen LogP contribution in [0.2, 0.25) is 0 Å². The van der Waals surface area contributed by atoms with Gasteiger partial charge in [0.05, 0.1) is 10.1 Å². The van der Waals surface area contributed by atoms with E-state index in [4.69, 9.17) is 10.8 Å². The fraction of sp³-hybridized carbons (Fsp3) is 0.857. The lowest BCUT2D eigenvalue weighted by Crippen LogP contribution is -2.37. The molecule has 16 heavy (non-hydrogen) atoms. The molecule has 0 fully saturated rings. The third-order valence-corrected chi connectivity index (χ3v) is 1.99. The highest BCUT2D eigenvalue weighted by Crippen LogP contribution is 2.05. The molecule has 0 aliphatic carbocycles. The van der Waals surface area contributed by atoms with Crippen molar-refractivity contribution in [2.45, 2.75) is 19.4 Å². The first-order chi connectivity index (χ1) is 7.45. The molecule has 0 aromatic rings. The van der Waals surface area contributed by atoms with Gasteiger partial charge in [-0.3, -0.25) is 10.1 Å². The van der Waals surface area contributed by atoms with E-state index in [-0.39, 0.29) is 12.6 Å². The van der Waals surface area contributed by atoms with E-state index in [1.54, 1.807) is 6.92 Å². The van der Waals surface area contributed by atoms with Crippen LogP contribution in [0.15, 0.2) is 10.3 Å². The Morgan fingerprint density at radius 2 is 2.31 bits per heavy atom. The molecule has 0 aliphatic rings. The molecule has 0 saturated carbocycles. The summed E-state index contributed by atoms with van der Waals surface area (Å²) in [4.78, 5) is 20.2. The van der Waals surface area contributed by atoms with Crippen molar-refractivity contribution in [2.75, 3.05) is 13.2 Å². The second-order valence-corrected chi connectivity index (χ2v) is 3.26. The second kappa shape index (κ2) is 7.65. The smallest absolute Gasteiger partial charge is 0.320 e. The molecule has 0 rings (SSSR count). The second-order valence-electron chi connectivity index (χ2n) is 3.26. The van der Waals surface area contributed by atoms with Gasteiger partial charge < -0.3 is 21.0 Å². The van der Waals surface area contributed by atoms with Gasteiger partial charge in [0.25, 0.3) is 0 Å². The number of carboxylic acid groups (broad SMARTS) is 1. The van der Waals surface area contributed by atoms with Crippen LogP contribution in [0.3, 0.4) is 0 Å². The molecule has 0 radical (unpaired) electrons. The van der Waals surface area contributed by atoms with Crippen molar-refractivity contribution in [1.82, 2.24) is 5.32 Å². The molecule has 0 bridgehead atoms. The summed E-state index contributed by atoms with van der Waals surface area (Å²) in [6.45, 7) is 2.22. The number of carbonyl (C=O) groups is 1. The van der Waals surface area contributed by atoms with Gasteiger partial charge in [0.1, 0.15) is 6.04 Å². The van der Waals surface area contributed by atoms with E-state index < -0.39 is 17.0 Å². The van der Waals surface area contributed by atoms with Crippen LogP contribution in [0, 0.1) is 16.0 Å². The van der Waals surface area contributed by atoms with Gasteiger partial charge in [-0.1, -0.05) is 6.92 Å². The van der Waals surface area contributed by atoms with E-state index in [1.165, 1.54) is 0 Å². The minimum atomic E-state index is -1.04. The van der Waals surface area contributed by atoms with Crippen LogP contribution in [0.1, 0.15) is 13.3 Å². The highest BCUT2D eigenvalue weighted by molar-refractivity contribution is 5.73. The Hall–Kier alpha value is -1.61. The molecule has 2 atom stereocenters. The number of aliphatic carboxylic acids is 1. The van der Waals surface area contributed by atoms with Gasteiger partial charge in [-0.05, 0) is 18.9 Å². The average Bonchev–Trinajstić information content (AvgIpc) is 2.21. The molecule has 92 valence electrons. The Morgan fingerprint density at radius 1 is 1.69 bits per heavy atom. The first kappa shape index (κ1) is 14.4. The largest absolute Gasteiger partial charge is 0.480 e. The molecule has 0 aromatic carbocycles. The summed E-state index contributed by atoms with van der Waals surface area (Å²) in [6.07, 6.45) is 0.543. The molecule has 9 nitrogen and oxygen atoms in total. The van der Waals surface area contributed by atoms with Crippen molar-refractivity contribution in [3.63, 3.8) is 0 Å². The Bertz CT molecular complexity index is 270. The minimum Gasteiger partial charge on any atom is -0.480 e. The number of nitro groups is 1. The van der Waals surface area contributed by atoms with E-state index in [1.807, 2.05) is 0 Å². The number of nitrogens with zero attached hydrogens (tertiary/aromatic N) is 3. The summed E-state index contributed by atoms with van der Waals surface area (Å²) in [5, 5.41) is 26.1. The van der Waals surface area contributed by atoms with Crippen LogP contribution >= 0.6 is 0 Å². The lowest BCUT2D eigenvalue weighted by Gasteiger charge is -2.14. The molecule has 0 spiro atoms. The Morgan fingerprint density at radius 3 is 2.81 bits per heavy atom. The first-order valence-electron chi connectivity index (χ1n) is 4.66. The van der Waals surface area contributed by atoms with Gasteiger partial charge in [0, 0.05) is 0 Å². The highest BCUT2D eigenvalue weighted by atomic mass is 16.7. The van der Waals surface area contributed by atoms with Gasteiger partial charge >= 0.3 is 5.97 Å². The molecular formula is C7H15N5O4. The number of rotatable bonds is 8. The van der Waals surface area contributed by atoms with Crippen LogP contribution in [0.25, 0.3) is 0 Å². The van der Waals surface area contributed by atoms with Crippen LogP contribution in [-0.2, 0) is 4.79 Å². The van der Waals surface area contributed by atoms with Crippen molar-refractivity contribution in [3.8, 4) is 0 Å². The SMILES string of the molecule is CC(CCNCN=N[N+](=O)[O-])C(N)C(=O)O. The summed E-state index contributed by atoms with van der Waals surface area (Å²) < 4.78 is 0. The number of nitrogens with one attached hydrogen (secondary N) is 1. The molecule has 9 heteroatoms. The van der Waals surface area contributed by atoms with Crippen molar-refractivity contribution in [1.29, 1.82) is 0 Å². The van der Waals surface area contributed by atoms with Crippen molar-refractivity contribution in [3.05, 3.63) is 10.1 Å². The number of hydrogen-bond donors (Lipinski definition) is 3. The molecule has 0 saturated heterocycles. The lowest BCUT2D eigenvalue weighted by molar-refractivity contribution is -0.494. The number of hydrogen-bond acceptors (Lipinski definition) is 6. The third kappa shape index (κ3) is 6.79. The fourth-order valence-corrected chi connectivity index (χ4v) is 0.965. The predicted molar refractivity (Wildman–Crippen MR) is 54.1 cm³/mol. The van der Waals surface area contributed by atoms with E-state index in [0.717, 1.165) is 0 Å². The van der Waals surface area contributed by atoms with E-state index in [9.17, 15) is 14.9 Å². The summed E-state index contributed by atoms with van der Waals surface area (Å²) in [7, 11) is 0. The quantitative estimate of drug-likeness (QED) is 0.225. The zero-order chi connectivity index (χ0) is 12.6. The van der Waals surface area contributed by atoms with Gasteiger partial charge in [-0.2, -0.15) is 0 Å². The maximum atomic E-state index is 10.5. The van der Waals surface area contributed by atoms with Crippen LogP contribution in [0.5, 0.6) is 0 Å². The molecule has 0 aromatic heterocycles. The predicted octanol–water partition coefficient (Wildman–Crippen LogP) is -0.384. The Kier molecular flexibility index (Phi) is 6.88. The zero-order valence-corrected chi connectivity index (χ0v) is 8.87. The first-order valence-corrected chi connectivity index (χ1v) is 4.66. The fourth-order valence-electron chi connectivity index (χ4n) is 0.965. The van der Waals surface area contributed by atoms with Gasteiger partial charge in [-0.15, -0.1) is 0 Å². The van der Waals surface area contributed by atoms with Crippen LogP contribution < -0.4 is 11.1 Å². The molecule has 0 aliphatic heterocycles. The van der Waals surface area contributed by atoms with E-state index in [2.05, 4.69) is 15.7 Å². The summed E-state index contributed by atoms with van der Waals surface area (Å²) in [5.41, 5.74) is 5.38. The molecular weight excluding hydrogens is 218 g/mol. The standard InChI is InChI=1S/C7H15N5O4/c1-5(6(8)7(13)14)2-3-9-4-10-11-12(15)16/h5-6,9H,2-4,8H2,1H3,(H,13,14). The average molecular weight is 233 g/mol. The van der Waals surface area contributed by atoms with Gasteiger partial charge in [0.2, 0.25) is 6.67 Å². The summed E-state index contributed by atoms with van der Waals surface area (Å²) in [6, 6.07) is -0.901. The Labute approximate surface area is 91.8 Å². The number of nitrogens with two attached hydrogens (primary N) is 1. The van der Waals surface area contributed by atoms with E-state index >= 15 is 0 Å². The Balaban J connectivity index is 3.59. The van der Waals surface area contributed by atoms with Gasteiger partial charge in [0.15, 0.2) is 5.22 Å². The van der Waals surface area contributed by atoms with Crippen LogP contribution in [-0.4, -0.2) is 35.4 Å². The van der Waals surface area contributed by atoms with Crippen molar-refractivity contribution >= 4 is 5.97 Å². The maximum Gasteiger partial charge on any atom is 0.320 e. The zero-order valence-electron chi connectivity index (χ0n) is 8.87. The topological polar surface area (TPSA) is 143 Å². The third-order valence-electron chi connectivity index (χ3n) is 1.99. The van der Waals surface area contributed by atoms with Gasteiger partial charge in [-0.25, -0.2) is 0 Å². The maximum absolute atomic E-state index is 10.5. The molecule has 0 amide bonds. The van der Waals surface area contributed by atoms with E-state index in [0.29, 0.717) is 13.0 Å². The molecule has 4 N–H and O–H groups in total. The van der Waals surface area contributed by atoms with Crippen molar-refractivity contribution < 1.29 is 14.9 Å². The number of carboxylic acids is 1. The highest BCUT2D eigenvalue weighted by Gasteiger charge is 2.19. The lowest BCUT2D eigenvalue weighted by atomic mass is 9.99.